The van der Waals surface area contributed by atoms with Crippen LogP contribution in [0.1, 0.15) is 21.5 Å². The number of piperazine rings is 1. The molecule has 29 heavy (non-hydrogen) atoms. The zero-order chi connectivity index (χ0) is 20.2. The highest BCUT2D eigenvalue weighted by atomic mass is 16.1. The number of aryl methyl sites for hydroxylation is 2. The Morgan fingerprint density at radius 3 is 2.24 bits per heavy atom. The number of hydrogen-bond donors (Lipinski definition) is 1. The van der Waals surface area contributed by atoms with Crippen molar-refractivity contribution in [3.63, 3.8) is 0 Å². The summed E-state index contributed by atoms with van der Waals surface area (Å²) >= 11 is 0. The van der Waals surface area contributed by atoms with E-state index in [4.69, 9.17) is 0 Å². The summed E-state index contributed by atoms with van der Waals surface area (Å²) in [6, 6.07) is 15.8. The highest BCUT2D eigenvalue weighted by Gasteiger charge is 2.19. The first kappa shape index (κ1) is 18.9. The Balaban J connectivity index is 1.38. The van der Waals surface area contributed by atoms with Gasteiger partial charge in [0, 0.05) is 44.3 Å². The Morgan fingerprint density at radius 1 is 0.897 bits per heavy atom. The third kappa shape index (κ3) is 4.37. The molecule has 0 spiro atoms. The number of benzene rings is 1. The molecule has 3 heterocycles. The lowest BCUT2D eigenvalue weighted by Crippen LogP contribution is -2.47. The van der Waals surface area contributed by atoms with Crippen LogP contribution < -0.4 is 15.1 Å². The fourth-order valence-electron chi connectivity index (χ4n) is 3.48. The topological polar surface area (TPSA) is 61.4 Å². The third-order valence-electron chi connectivity index (χ3n) is 5.23. The van der Waals surface area contributed by atoms with Gasteiger partial charge in [-0.1, -0.05) is 18.2 Å². The van der Waals surface area contributed by atoms with Crippen LogP contribution in [0, 0.1) is 13.8 Å². The molecule has 1 N–H and O–H groups in total. The number of amides is 1. The predicted molar refractivity (Wildman–Crippen MR) is 117 cm³/mol. The van der Waals surface area contributed by atoms with Crippen molar-refractivity contribution in [3.8, 4) is 0 Å². The monoisotopic (exact) mass is 387 g/mol. The van der Waals surface area contributed by atoms with E-state index in [-0.39, 0.29) is 5.91 Å². The molecule has 148 valence electrons. The average Bonchev–Trinajstić information content (AvgIpc) is 2.77. The molecule has 4 rings (SSSR count). The molecule has 0 unspecified atom stereocenters. The molecule has 1 aliphatic heterocycles. The van der Waals surface area contributed by atoms with E-state index >= 15 is 0 Å². The summed E-state index contributed by atoms with van der Waals surface area (Å²) in [4.78, 5) is 26.1. The second-order valence-corrected chi connectivity index (χ2v) is 7.34. The molecule has 1 aromatic carbocycles. The molecule has 6 heteroatoms. The minimum absolute atomic E-state index is 0.141. The van der Waals surface area contributed by atoms with Crippen molar-refractivity contribution in [1.82, 2.24) is 9.97 Å². The van der Waals surface area contributed by atoms with E-state index in [2.05, 4.69) is 25.1 Å². The highest BCUT2D eigenvalue weighted by molar-refractivity contribution is 6.04. The van der Waals surface area contributed by atoms with Crippen molar-refractivity contribution in [2.24, 2.45) is 0 Å². The minimum atomic E-state index is -0.141. The van der Waals surface area contributed by atoms with Crippen LogP contribution in [0.2, 0.25) is 0 Å². The fourth-order valence-corrected chi connectivity index (χ4v) is 3.48. The molecule has 0 bridgehead atoms. The Kier molecular flexibility index (Phi) is 5.42. The molecule has 1 amide bonds. The molecule has 2 aromatic heterocycles. The van der Waals surface area contributed by atoms with Crippen LogP contribution >= 0.6 is 0 Å². The number of carbonyl (C=O) groups excluding carboxylic acids is 1. The summed E-state index contributed by atoms with van der Waals surface area (Å²) in [5.41, 5.74) is 3.55. The van der Waals surface area contributed by atoms with Crippen molar-refractivity contribution < 1.29 is 4.79 Å². The summed E-state index contributed by atoms with van der Waals surface area (Å²) < 4.78 is 0. The molecule has 3 aromatic rings. The van der Waals surface area contributed by atoms with Gasteiger partial charge in [-0.05, 0) is 55.3 Å². The SMILES string of the molecule is Cc1ccc(C)c(NC(=O)c2ccc(N3CCN(c4ccccn4)CC3)nc2)c1. The number of aromatic nitrogens is 2. The van der Waals surface area contributed by atoms with Crippen LogP contribution in [0.4, 0.5) is 17.3 Å². The van der Waals surface area contributed by atoms with Gasteiger partial charge >= 0.3 is 0 Å². The van der Waals surface area contributed by atoms with Crippen molar-refractivity contribution in [1.29, 1.82) is 0 Å². The van der Waals surface area contributed by atoms with Crippen LogP contribution in [-0.4, -0.2) is 42.1 Å². The Labute approximate surface area is 171 Å². The summed E-state index contributed by atoms with van der Waals surface area (Å²) in [6.45, 7) is 7.54. The van der Waals surface area contributed by atoms with E-state index in [9.17, 15) is 4.79 Å². The maximum Gasteiger partial charge on any atom is 0.257 e. The van der Waals surface area contributed by atoms with Gasteiger partial charge in [0.1, 0.15) is 11.6 Å². The van der Waals surface area contributed by atoms with Gasteiger partial charge in [-0.2, -0.15) is 0 Å². The quantitative estimate of drug-likeness (QED) is 0.740. The van der Waals surface area contributed by atoms with Crippen LogP contribution in [-0.2, 0) is 0 Å². The molecule has 0 aliphatic carbocycles. The second-order valence-electron chi connectivity index (χ2n) is 7.34. The van der Waals surface area contributed by atoms with Crippen molar-refractivity contribution >= 4 is 23.2 Å². The van der Waals surface area contributed by atoms with Crippen LogP contribution in [0.5, 0.6) is 0 Å². The van der Waals surface area contributed by atoms with Crippen LogP contribution in [0.25, 0.3) is 0 Å². The molecule has 1 aliphatic rings. The lowest BCUT2D eigenvalue weighted by atomic mass is 10.1. The molecule has 0 saturated carbocycles. The summed E-state index contributed by atoms with van der Waals surface area (Å²) in [5.74, 6) is 1.77. The van der Waals surface area contributed by atoms with E-state index in [1.807, 2.05) is 68.6 Å². The molecule has 0 radical (unpaired) electrons. The van der Waals surface area contributed by atoms with E-state index in [0.29, 0.717) is 5.56 Å². The standard InChI is InChI=1S/C23H25N5O/c1-17-6-7-18(2)20(15-17)26-23(29)19-8-9-22(25-16-19)28-13-11-27(12-14-28)21-5-3-4-10-24-21/h3-10,15-16H,11-14H2,1-2H3,(H,26,29). The van der Waals surface area contributed by atoms with Gasteiger partial charge in [0.25, 0.3) is 5.91 Å². The summed E-state index contributed by atoms with van der Waals surface area (Å²) in [7, 11) is 0. The largest absolute Gasteiger partial charge is 0.353 e. The van der Waals surface area contributed by atoms with Gasteiger partial charge < -0.3 is 15.1 Å². The molecular formula is C23H25N5O. The first-order chi connectivity index (χ1) is 14.1. The van der Waals surface area contributed by atoms with Crippen LogP contribution in [0.15, 0.2) is 60.9 Å². The molecular weight excluding hydrogens is 362 g/mol. The summed E-state index contributed by atoms with van der Waals surface area (Å²) in [6.07, 6.45) is 3.48. The summed E-state index contributed by atoms with van der Waals surface area (Å²) in [5, 5.41) is 2.98. The molecule has 1 saturated heterocycles. The van der Waals surface area contributed by atoms with Crippen molar-refractivity contribution in [2.75, 3.05) is 41.3 Å². The number of hydrogen-bond acceptors (Lipinski definition) is 5. The Hall–Kier alpha value is -3.41. The predicted octanol–water partition coefficient (Wildman–Crippen LogP) is 3.67. The first-order valence-corrected chi connectivity index (χ1v) is 9.86. The number of carbonyl (C=O) groups is 1. The third-order valence-corrected chi connectivity index (χ3v) is 5.23. The van der Waals surface area contributed by atoms with Crippen molar-refractivity contribution in [2.45, 2.75) is 13.8 Å². The van der Waals surface area contributed by atoms with Gasteiger partial charge in [-0.3, -0.25) is 4.79 Å². The van der Waals surface area contributed by atoms with E-state index in [1.165, 1.54) is 0 Å². The maximum absolute atomic E-state index is 12.6. The van der Waals surface area contributed by atoms with Gasteiger partial charge in [-0.25, -0.2) is 9.97 Å². The fraction of sp³-hybridized carbons (Fsp3) is 0.261. The maximum atomic E-state index is 12.6. The van der Waals surface area contributed by atoms with E-state index < -0.39 is 0 Å². The van der Waals surface area contributed by atoms with Crippen LogP contribution in [0.3, 0.4) is 0 Å². The Morgan fingerprint density at radius 2 is 1.62 bits per heavy atom. The average molecular weight is 387 g/mol. The number of anilines is 3. The Bertz CT molecular complexity index is 980. The van der Waals surface area contributed by atoms with Crippen molar-refractivity contribution in [3.05, 3.63) is 77.6 Å². The number of nitrogens with one attached hydrogen (secondary N) is 1. The highest BCUT2D eigenvalue weighted by Crippen LogP contribution is 2.20. The molecule has 6 nitrogen and oxygen atoms in total. The van der Waals surface area contributed by atoms with Gasteiger partial charge in [0.05, 0.1) is 5.56 Å². The van der Waals surface area contributed by atoms with Gasteiger partial charge in [-0.15, -0.1) is 0 Å². The zero-order valence-electron chi connectivity index (χ0n) is 16.8. The second kappa shape index (κ2) is 8.31. The van der Waals surface area contributed by atoms with Gasteiger partial charge in [0.15, 0.2) is 0 Å². The lowest BCUT2D eigenvalue weighted by Gasteiger charge is -2.36. The minimum Gasteiger partial charge on any atom is -0.353 e. The van der Waals surface area contributed by atoms with E-state index in [1.54, 1.807) is 6.20 Å². The smallest absolute Gasteiger partial charge is 0.257 e. The molecule has 0 atom stereocenters. The number of rotatable bonds is 4. The number of pyridine rings is 2. The lowest BCUT2D eigenvalue weighted by molar-refractivity contribution is 0.102. The molecule has 1 fully saturated rings. The first-order valence-electron chi connectivity index (χ1n) is 9.86. The van der Waals surface area contributed by atoms with Gasteiger partial charge in [0.2, 0.25) is 0 Å². The zero-order valence-corrected chi connectivity index (χ0v) is 16.8. The number of nitrogens with zero attached hydrogens (tertiary/aromatic N) is 4. The normalized spacial score (nSPS) is 14.0. The van der Waals surface area contributed by atoms with E-state index in [0.717, 1.165) is 54.6 Å².